The third kappa shape index (κ3) is 13.4. The van der Waals surface area contributed by atoms with Gasteiger partial charge < -0.3 is 25.0 Å². The van der Waals surface area contributed by atoms with Gasteiger partial charge in [0.15, 0.2) is 0 Å². The minimum absolute atomic E-state index is 0.244. The Hall–Kier alpha value is 0.525. The first-order chi connectivity index (χ1) is 22.0. The molecule has 0 N–H and O–H groups in total. The van der Waals surface area contributed by atoms with Crippen molar-refractivity contribution in [3.63, 3.8) is 0 Å². The van der Waals surface area contributed by atoms with Gasteiger partial charge in [-0.2, -0.15) is 5.27 Å². The van der Waals surface area contributed by atoms with E-state index in [-0.39, 0.29) is 5.27 Å². The molecule has 0 aliphatic rings. The van der Waals surface area contributed by atoms with Crippen LogP contribution in [-0.2, 0) is 25.0 Å². The molecule has 0 amide bonds. The van der Waals surface area contributed by atoms with Crippen molar-refractivity contribution in [3.05, 3.63) is 89.5 Å². The Morgan fingerprint density at radius 2 is 0.694 bits per heavy atom. The summed E-state index contributed by atoms with van der Waals surface area (Å²) < 4.78 is 3.08. The van der Waals surface area contributed by atoms with E-state index in [2.05, 4.69) is 191 Å². The summed E-state index contributed by atoms with van der Waals surface area (Å²) in [4.78, 5) is 0. The fourth-order valence-electron chi connectivity index (χ4n) is 9.61. The fourth-order valence-corrected chi connectivity index (χ4v) is 51.4. The van der Waals surface area contributed by atoms with Crippen molar-refractivity contribution < 1.29 is 0 Å². The molecule has 3 aromatic carbocycles. The van der Waals surface area contributed by atoms with Crippen molar-refractivity contribution >= 4 is 112 Å². The van der Waals surface area contributed by atoms with Crippen LogP contribution < -0.4 is 12.6 Å². The molecule has 0 aliphatic carbocycles. The van der Waals surface area contributed by atoms with E-state index in [9.17, 15) is 0 Å². The topological polar surface area (TPSA) is 0 Å². The van der Waals surface area contributed by atoms with Crippen molar-refractivity contribution in [2.24, 2.45) is 0 Å². The van der Waals surface area contributed by atoms with Crippen molar-refractivity contribution in [1.29, 1.82) is 0 Å². The van der Waals surface area contributed by atoms with Crippen LogP contribution in [0, 0.1) is 0 Å². The van der Waals surface area contributed by atoms with Crippen LogP contribution in [0.2, 0.25) is 118 Å². The molecule has 268 valence electrons. The van der Waals surface area contributed by atoms with E-state index in [4.69, 9.17) is 25.0 Å². The van der Waals surface area contributed by atoms with Gasteiger partial charge in [-0.3, -0.25) is 0 Å². The molecule has 0 nitrogen and oxygen atoms in total. The van der Waals surface area contributed by atoms with Crippen molar-refractivity contribution in [3.8, 4) is 0 Å². The predicted molar refractivity (Wildman–Crippen MR) is 253 cm³/mol. The molecule has 49 heavy (non-hydrogen) atoms. The Labute approximate surface area is 332 Å². The molecule has 10 heteroatoms. The van der Waals surface area contributed by atoms with Crippen LogP contribution >= 0.6 is 0 Å². The number of hydrogen-bond acceptors (Lipinski definition) is 2. The van der Waals surface area contributed by atoms with E-state index in [1.165, 1.54) is 12.6 Å². The molecule has 0 bridgehead atoms. The molecule has 0 aliphatic heterocycles. The first-order valence-electron chi connectivity index (χ1n) is 18.3. The summed E-state index contributed by atoms with van der Waals surface area (Å²) in [5.74, 6) is 0. The molecule has 3 rings (SSSR count). The molecule has 0 saturated heterocycles. The molecular formula is C39H69BS2Si6Sn. The van der Waals surface area contributed by atoms with E-state index >= 15 is 0 Å². The van der Waals surface area contributed by atoms with Crippen LogP contribution in [0.25, 0.3) is 0 Å². The molecule has 0 fully saturated rings. The zero-order valence-corrected chi connectivity index (χ0v) is 45.0. The Morgan fingerprint density at radius 3 is 0.918 bits per heavy atom. The fraction of sp³-hybridized carbons (Fsp3) is 0.538. The molecule has 0 saturated carbocycles. The van der Waals surface area contributed by atoms with E-state index in [1.807, 2.05) is 0 Å². The van der Waals surface area contributed by atoms with Gasteiger partial charge in [0, 0.05) is 48.4 Å². The molecule has 0 atom stereocenters. The van der Waals surface area contributed by atoms with Gasteiger partial charge in [0.05, 0.1) is 0 Å². The van der Waals surface area contributed by atoms with Crippen molar-refractivity contribution in [2.45, 2.75) is 133 Å². The monoisotopic (exact) mass is 900 g/mol. The summed E-state index contributed by atoms with van der Waals surface area (Å²) in [6.07, 6.45) is 0. The third-order valence-electron chi connectivity index (χ3n) is 9.49. The van der Waals surface area contributed by atoms with Gasteiger partial charge in [-0.05, 0) is 21.1 Å². The standard InChI is InChI=1S/C27H59BS2Si6.2C6H5.Sn/c1-31(2,3)25(32(4,5)6)21-19-22(26(33(7,8)9)34(10,11)12)24(28(29)30)23(20-21)27(35(13,14)15)36(16,17)18;2*1-2-4-6-5-3-1;/h19-20,25-27H,1-18H3;2*1-5H;/q-2;;;+2. The molecule has 0 heterocycles. The average molecular weight is 900 g/mol. The minimum atomic E-state index is -1.52. The first kappa shape index (κ1) is 45.7. The van der Waals surface area contributed by atoms with Gasteiger partial charge in [-0.25, -0.2) is 0 Å². The zero-order chi connectivity index (χ0) is 38.0. The van der Waals surface area contributed by atoms with Gasteiger partial charge >= 0.3 is 89.0 Å². The molecular weight excluding hydrogens is 831 g/mol. The first-order valence-corrected chi connectivity index (χ1v) is 43.6. The van der Waals surface area contributed by atoms with Crippen LogP contribution in [0.5, 0.6) is 0 Å². The summed E-state index contributed by atoms with van der Waals surface area (Å²) >= 11 is 11.7. The average Bonchev–Trinajstić information content (AvgIpc) is 2.85. The second kappa shape index (κ2) is 17.3. The Morgan fingerprint density at radius 1 is 0.429 bits per heavy atom. The zero-order valence-electron chi connectivity index (χ0n) is 34.6. The summed E-state index contributed by atoms with van der Waals surface area (Å²) in [5, 5.41) is 1.82. The van der Waals surface area contributed by atoms with Crippen LogP contribution in [0.4, 0.5) is 0 Å². The molecule has 0 spiro atoms. The Bertz CT molecular complexity index is 1340. The maximum atomic E-state index is 6.10. The van der Waals surface area contributed by atoms with E-state index < -0.39 is 69.6 Å². The summed E-state index contributed by atoms with van der Waals surface area (Å²) in [6, 6.07) is 27.0. The number of rotatable bonds is 12. The van der Waals surface area contributed by atoms with Crippen LogP contribution in [-0.4, -0.2) is 74.9 Å². The van der Waals surface area contributed by atoms with Crippen molar-refractivity contribution in [1.82, 2.24) is 0 Å². The summed E-state index contributed by atoms with van der Waals surface area (Å²) in [6.45, 7) is 46.8. The second-order valence-electron chi connectivity index (χ2n) is 20.8. The molecule has 0 unspecified atom stereocenters. The third-order valence-corrected chi connectivity index (χ3v) is 41.4. The summed E-state index contributed by atoms with van der Waals surface area (Å²) in [7, 11) is -9.00. The van der Waals surface area contributed by atoms with Crippen LogP contribution in [0.3, 0.4) is 0 Å². The molecule has 0 radical (unpaired) electrons. The van der Waals surface area contributed by atoms with Crippen LogP contribution in [0.15, 0.2) is 72.8 Å². The normalized spacial score (nSPS) is 13.4. The summed E-state index contributed by atoms with van der Waals surface area (Å²) in [5.41, 5.74) is 6.30. The Kier molecular flexibility index (Phi) is 16.2. The van der Waals surface area contributed by atoms with E-state index in [1.54, 1.807) is 16.7 Å². The van der Waals surface area contributed by atoms with E-state index in [0.29, 0.717) is 10.3 Å². The molecule has 3 aromatic rings. The van der Waals surface area contributed by atoms with E-state index in [0.717, 1.165) is 5.16 Å². The van der Waals surface area contributed by atoms with Gasteiger partial charge in [-0.1, -0.05) is 141 Å². The van der Waals surface area contributed by atoms with Crippen molar-refractivity contribution in [2.75, 3.05) is 0 Å². The SMILES string of the molecule is C[Si](C)(C)C(c1cc(C([Si](C)(C)C)[Si](C)(C)C)c(B([S-])[S-])c(C([Si](C)(C)C)[Si](C)(C)C)c1)[Si](C)(C)C.c1cc[c]([Sn+2][c]2ccccc2)cc1. The van der Waals surface area contributed by atoms with Gasteiger partial charge in [-0.15, -0.1) is 5.46 Å². The Balaban J connectivity index is 0.000000526. The maximum absolute atomic E-state index is 6.10. The van der Waals surface area contributed by atoms with Gasteiger partial charge in [0.25, 0.3) is 0 Å². The number of benzene rings is 3. The number of hydrogen-bond donors (Lipinski definition) is 0. The second-order valence-corrected chi connectivity index (χ2v) is 59.6. The van der Waals surface area contributed by atoms with Gasteiger partial charge in [0.1, 0.15) is 0 Å². The predicted octanol–water partition coefficient (Wildman–Crippen LogP) is 10.3. The quantitative estimate of drug-likeness (QED) is 0.131. The molecule has 0 aromatic heterocycles. The van der Waals surface area contributed by atoms with Crippen LogP contribution in [0.1, 0.15) is 32.2 Å². The van der Waals surface area contributed by atoms with Gasteiger partial charge in [0.2, 0.25) is 0 Å².